The zero-order valence-corrected chi connectivity index (χ0v) is 21.6. The van der Waals surface area contributed by atoms with Crippen LogP contribution in [0.4, 0.5) is 19.3 Å². The molecule has 2 atom stereocenters. The molecule has 0 radical (unpaired) electrons. The van der Waals surface area contributed by atoms with Gasteiger partial charge in [0.05, 0.1) is 25.0 Å². The fraction of sp³-hybridized carbons (Fsp3) is 0.615. The van der Waals surface area contributed by atoms with Gasteiger partial charge in [-0.15, -0.1) is 0 Å². The Morgan fingerprint density at radius 3 is 2.43 bits per heavy atom. The van der Waals surface area contributed by atoms with Crippen LogP contribution in [-0.4, -0.2) is 51.9 Å². The second-order valence-corrected chi connectivity index (χ2v) is 10.8. The first-order chi connectivity index (χ1) is 17.6. The van der Waals surface area contributed by atoms with Crippen molar-refractivity contribution < 1.29 is 27.8 Å². The first-order valence-electron chi connectivity index (χ1n) is 12.7. The Morgan fingerprint density at radius 1 is 1.19 bits per heavy atom. The Hall–Kier alpha value is -3.24. The molecule has 2 aromatic heterocycles. The number of rotatable bonds is 11. The number of nitrogens with one attached hydrogen (secondary N) is 2. The van der Waals surface area contributed by atoms with Gasteiger partial charge in [0, 0.05) is 24.4 Å². The summed E-state index contributed by atoms with van der Waals surface area (Å²) in [5, 5.41) is 9.90. The van der Waals surface area contributed by atoms with Gasteiger partial charge in [0.15, 0.2) is 0 Å². The summed E-state index contributed by atoms with van der Waals surface area (Å²) in [6, 6.07) is 1.69. The summed E-state index contributed by atoms with van der Waals surface area (Å²) in [5.41, 5.74) is 0.0975. The highest BCUT2D eigenvalue weighted by atomic mass is 19.3. The molecule has 4 rings (SSSR count). The molecular weight excluding hydrogens is 484 g/mol. The predicted octanol–water partition coefficient (Wildman–Crippen LogP) is 4.80. The first-order valence-corrected chi connectivity index (χ1v) is 12.7. The predicted molar refractivity (Wildman–Crippen MR) is 133 cm³/mol. The van der Waals surface area contributed by atoms with E-state index in [0.717, 1.165) is 25.7 Å². The highest BCUT2D eigenvalue weighted by molar-refractivity contribution is 5.96. The monoisotopic (exact) mass is 519 g/mol. The average molecular weight is 520 g/mol. The van der Waals surface area contributed by atoms with Crippen LogP contribution in [0.3, 0.4) is 0 Å². The molecular formula is C26H35F2N5O4. The van der Waals surface area contributed by atoms with Gasteiger partial charge >= 0.3 is 6.09 Å². The maximum Gasteiger partial charge on any atom is 0.408 e. The van der Waals surface area contributed by atoms with E-state index in [1.165, 1.54) is 30.4 Å². The molecule has 0 spiro atoms. The van der Waals surface area contributed by atoms with E-state index in [2.05, 4.69) is 20.7 Å². The molecule has 2 fully saturated rings. The number of pyridine rings is 1. The lowest BCUT2D eigenvalue weighted by Gasteiger charge is -2.28. The molecule has 2 aliphatic carbocycles. The van der Waals surface area contributed by atoms with Crippen molar-refractivity contribution in [3.63, 3.8) is 0 Å². The molecule has 0 aliphatic heterocycles. The molecule has 2 unspecified atom stereocenters. The third kappa shape index (κ3) is 7.17. The number of hydrogen-bond donors (Lipinski definition) is 2. The maximum absolute atomic E-state index is 13.5. The largest absolute Gasteiger partial charge is 0.481 e. The second-order valence-electron chi connectivity index (χ2n) is 10.8. The van der Waals surface area contributed by atoms with E-state index in [4.69, 9.17) is 9.47 Å². The van der Waals surface area contributed by atoms with Gasteiger partial charge in [0.25, 0.3) is 0 Å². The number of aromatic nitrogens is 3. The highest BCUT2D eigenvalue weighted by Gasteiger charge is 2.48. The van der Waals surface area contributed by atoms with Gasteiger partial charge in [-0.1, -0.05) is 0 Å². The zero-order valence-electron chi connectivity index (χ0n) is 21.6. The van der Waals surface area contributed by atoms with Crippen molar-refractivity contribution in [2.24, 2.45) is 17.8 Å². The second kappa shape index (κ2) is 11.0. The van der Waals surface area contributed by atoms with E-state index in [0.29, 0.717) is 23.1 Å². The summed E-state index contributed by atoms with van der Waals surface area (Å²) in [5.74, 6) is 0.642. The molecule has 2 heterocycles. The molecule has 2 saturated carbocycles. The number of halogens is 2. The Bertz CT molecular complexity index is 1080. The number of ether oxygens (including phenoxy) is 2. The lowest BCUT2D eigenvalue weighted by atomic mass is 9.89. The van der Waals surface area contributed by atoms with Crippen LogP contribution in [0.15, 0.2) is 30.7 Å². The number of amides is 2. The Balaban J connectivity index is 1.54. The van der Waals surface area contributed by atoms with E-state index in [1.807, 2.05) is 0 Å². The molecule has 2 aliphatic rings. The van der Waals surface area contributed by atoms with Crippen LogP contribution >= 0.6 is 0 Å². The summed E-state index contributed by atoms with van der Waals surface area (Å²) in [7, 11) is 1.42. The van der Waals surface area contributed by atoms with E-state index in [-0.39, 0.29) is 17.7 Å². The average Bonchev–Trinajstić information content (AvgIpc) is 3.76. The summed E-state index contributed by atoms with van der Waals surface area (Å²) >= 11 is 0. The van der Waals surface area contributed by atoms with Gasteiger partial charge < -0.3 is 20.1 Å². The first kappa shape index (κ1) is 26.8. The van der Waals surface area contributed by atoms with Gasteiger partial charge in [-0.2, -0.15) is 5.10 Å². The van der Waals surface area contributed by atoms with Crippen LogP contribution < -0.4 is 15.4 Å². The highest BCUT2D eigenvalue weighted by Crippen LogP contribution is 2.51. The van der Waals surface area contributed by atoms with Crippen LogP contribution in [0, 0.1) is 17.8 Å². The summed E-state index contributed by atoms with van der Waals surface area (Å²) in [6.45, 7) is 5.30. The smallest absolute Gasteiger partial charge is 0.408 e. The quantitative estimate of drug-likeness (QED) is 0.442. The van der Waals surface area contributed by atoms with E-state index >= 15 is 0 Å². The number of carbonyl (C=O) groups excluding carboxylic acids is 2. The van der Waals surface area contributed by atoms with E-state index in [1.54, 1.807) is 32.9 Å². The van der Waals surface area contributed by atoms with Crippen LogP contribution in [-0.2, 0) is 9.53 Å². The molecule has 202 valence electrons. The van der Waals surface area contributed by atoms with E-state index < -0.39 is 36.6 Å². The number of alkyl carbamates (subject to hydrolysis) is 1. The normalized spacial score (nSPS) is 17.4. The van der Waals surface area contributed by atoms with Crippen molar-refractivity contribution >= 4 is 17.7 Å². The van der Waals surface area contributed by atoms with Crippen molar-refractivity contribution in [2.45, 2.75) is 77.0 Å². The molecule has 0 saturated heterocycles. The number of carbonyl (C=O) groups is 2. The number of anilines is 1. The lowest BCUT2D eigenvalue weighted by molar-refractivity contribution is -0.120. The van der Waals surface area contributed by atoms with Gasteiger partial charge in [-0.05, 0) is 76.3 Å². The topological polar surface area (TPSA) is 107 Å². The van der Waals surface area contributed by atoms with Gasteiger partial charge in [-0.3, -0.25) is 9.48 Å². The van der Waals surface area contributed by atoms with Crippen LogP contribution in [0.1, 0.15) is 64.5 Å². The van der Waals surface area contributed by atoms with Crippen LogP contribution in [0.5, 0.6) is 5.88 Å². The molecule has 0 aromatic carbocycles. The molecule has 9 nitrogen and oxygen atoms in total. The van der Waals surface area contributed by atoms with Crippen molar-refractivity contribution in [1.29, 1.82) is 0 Å². The van der Waals surface area contributed by atoms with Crippen molar-refractivity contribution in [2.75, 3.05) is 12.4 Å². The van der Waals surface area contributed by atoms with Crippen molar-refractivity contribution in [3.8, 4) is 5.88 Å². The number of alkyl halides is 2. The maximum atomic E-state index is 13.5. The van der Waals surface area contributed by atoms with Crippen LogP contribution in [0.2, 0.25) is 0 Å². The molecule has 0 bridgehead atoms. The van der Waals surface area contributed by atoms with Crippen molar-refractivity contribution in [3.05, 3.63) is 36.3 Å². The third-order valence-electron chi connectivity index (χ3n) is 6.62. The molecule has 2 N–H and O–H groups in total. The van der Waals surface area contributed by atoms with Gasteiger partial charge in [0.2, 0.25) is 18.2 Å². The standard InChI is InChI=1S/C26H35F2N5O4/c1-26(2,3)37-25(35)32-22(21(15-7-8-15)16-9-10-16)23(34)31-17-13-30-33(14-17)19(12-20(27)28)18-6-5-11-29-24(18)36-4/h5-6,11,13-16,19-22H,7-10,12H2,1-4H3,(H,31,34)(H,32,35). The molecule has 2 amide bonds. The fourth-order valence-corrected chi connectivity index (χ4v) is 4.83. The SMILES string of the molecule is COc1ncccc1C(CC(F)F)n1cc(NC(=O)C(NC(=O)OC(C)(C)C)C(C2CC2)C2CC2)cn1. The fourth-order valence-electron chi connectivity index (χ4n) is 4.83. The molecule has 2 aromatic rings. The van der Waals surface area contributed by atoms with Crippen LogP contribution in [0.25, 0.3) is 0 Å². The van der Waals surface area contributed by atoms with E-state index in [9.17, 15) is 18.4 Å². The Labute approximate surface area is 215 Å². The summed E-state index contributed by atoms with van der Waals surface area (Å²) in [6.07, 6.45) is 4.80. The number of nitrogens with zero attached hydrogens (tertiary/aromatic N) is 3. The number of hydrogen-bond acceptors (Lipinski definition) is 6. The summed E-state index contributed by atoms with van der Waals surface area (Å²) < 4.78 is 39.0. The molecule has 37 heavy (non-hydrogen) atoms. The zero-order chi connectivity index (χ0) is 26.7. The Kier molecular flexibility index (Phi) is 7.99. The van der Waals surface area contributed by atoms with Crippen molar-refractivity contribution in [1.82, 2.24) is 20.1 Å². The molecule has 11 heteroatoms. The Morgan fingerprint density at radius 2 is 1.86 bits per heavy atom. The third-order valence-corrected chi connectivity index (χ3v) is 6.62. The summed E-state index contributed by atoms with van der Waals surface area (Å²) in [4.78, 5) is 30.2. The lowest BCUT2D eigenvalue weighted by Crippen LogP contribution is -2.51. The minimum absolute atomic E-state index is 0.0220. The van der Waals surface area contributed by atoms with Gasteiger partial charge in [-0.25, -0.2) is 18.6 Å². The minimum atomic E-state index is -2.60. The minimum Gasteiger partial charge on any atom is -0.481 e. The van der Waals surface area contributed by atoms with Gasteiger partial charge in [0.1, 0.15) is 11.6 Å². The number of methoxy groups -OCH3 is 1.